The third kappa shape index (κ3) is 5.23. The summed E-state index contributed by atoms with van der Waals surface area (Å²) in [7, 11) is -2.57. The minimum atomic E-state index is -4.56. The minimum Gasteiger partial charge on any atom is -0.496 e. The Kier molecular flexibility index (Phi) is 6.35. The highest BCUT2D eigenvalue weighted by molar-refractivity contribution is 7.89. The number of carbonyl (C=O) groups excluding carboxylic acids is 1. The van der Waals surface area contributed by atoms with Gasteiger partial charge in [0, 0.05) is 5.69 Å². The second-order valence-electron chi connectivity index (χ2n) is 6.04. The molecule has 2 rings (SSSR count). The van der Waals surface area contributed by atoms with Crippen molar-refractivity contribution < 1.29 is 31.1 Å². The normalized spacial score (nSPS) is 13.1. The van der Waals surface area contributed by atoms with Gasteiger partial charge in [0.25, 0.3) is 0 Å². The van der Waals surface area contributed by atoms with Crippen molar-refractivity contribution in [3.05, 3.63) is 53.6 Å². The van der Waals surface area contributed by atoms with E-state index in [-0.39, 0.29) is 10.6 Å². The Labute approximate surface area is 160 Å². The number of ether oxygens (including phenoxy) is 1. The van der Waals surface area contributed by atoms with Crippen LogP contribution >= 0.6 is 0 Å². The number of hydrogen-bond acceptors (Lipinski definition) is 4. The Bertz CT molecular complexity index is 975. The highest BCUT2D eigenvalue weighted by Gasteiger charge is 2.30. The van der Waals surface area contributed by atoms with Gasteiger partial charge in [-0.15, -0.1) is 0 Å². The van der Waals surface area contributed by atoms with Gasteiger partial charge < -0.3 is 10.1 Å². The first kappa shape index (κ1) is 21.7. The van der Waals surface area contributed by atoms with Gasteiger partial charge in [0.15, 0.2) is 0 Å². The molecule has 0 fully saturated rings. The van der Waals surface area contributed by atoms with Crippen molar-refractivity contribution in [2.75, 3.05) is 12.4 Å². The molecule has 0 aliphatic carbocycles. The van der Waals surface area contributed by atoms with Gasteiger partial charge in [0.1, 0.15) is 5.75 Å². The van der Waals surface area contributed by atoms with Crippen molar-refractivity contribution in [1.82, 2.24) is 4.72 Å². The molecule has 0 spiro atoms. The van der Waals surface area contributed by atoms with Crippen LogP contribution in [0.1, 0.15) is 18.1 Å². The zero-order valence-corrected chi connectivity index (χ0v) is 16.1. The number of rotatable bonds is 6. The maximum absolute atomic E-state index is 12.7. The summed E-state index contributed by atoms with van der Waals surface area (Å²) in [6.45, 7) is 2.96. The van der Waals surface area contributed by atoms with E-state index in [0.29, 0.717) is 11.3 Å². The Morgan fingerprint density at radius 1 is 1.14 bits per heavy atom. The third-order valence-electron chi connectivity index (χ3n) is 3.86. The molecule has 0 aromatic heterocycles. The van der Waals surface area contributed by atoms with Crippen LogP contribution in [0.2, 0.25) is 0 Å². The van der Waals surface area contributed by atoms with E-state index in [1.165, 1.54) is 38.3 Å². The van der Waals surface area contributed by atoms with Crippen molar-refractivity contribution in [2.45, 2.75) is 31.0 Å². The summed E-state index contributed by atoms with van der Waals surface area (Å²) >= 11 is 0. The Hall–Kier alpha value is -2.59. The molecular weight excluding hydrogens is 397 g/mol. The second kappa shape index (κ2) is 8.19. The Morgan fingerprint density at radius 2 is 1.82 bits per heavy atom. The number of carbonyl (C=O) groups is 1. The fourth-order valence-electron chi connectivity index (χ4n) is 2.40. The van der Waals surface area contributed by atoms with Crippen molar-refractivity contribution in [2.24, 2.45) is 0 Å². The summed E-state index contributed by atoms with van der Waals surface area (Å²) in [6, 6.07) is 7.04. The topological polar surface area (TPSA) is 84.5 Å². The van der Waals surface area contributed by atoms with Crippen LogP contribution in [0, 0.1) is 6.92 Å². The SMILES string of the molecule is COc1ccc(S(=O)(=O)NC(C)C(=O)Nc2cccc(C(F)(F)F)c2)cc1C. The summed E-state index contributed by atoms with van der Waals surface area (Å²) in [5, 5.41) is 2.27. The predicted octanol–water partition coefficient (Wildman–Crippen LogP) is 3.33. The zero-order valence-electron chi connectivity index (χ0n) is 15.3. The van der Waals surface area contributed by atoms with E-state index in [0.717, 1.165) is 18.2 Å². The van der Waals surface area contributed by atoms with E-state index in [9.17, 15) is 26.4 Å². The van der Waals surface area contributed by atoms with Crippen LogP contribution in [0.5, 0.6) is 5.75 Å². The smallest absolute Gasteiger partial charge is 0.416 e. The Balaban J connectivity index is 2.12. The summed E-state index contributed by atoms with van der Waals surface area (Å²) in [4.78, 5) is 12.1. The van der Waals surface area contributed by atoms with Crippen molar-refractivity contribution in [1.29, 1.82) is 0 Å². The van der Waals surface area contributed by atoms with Gasteiger partial charge in [-0.25, -0.2) is 8.42 Å². The molecule has 0 aliphatic heterocycles. The lowest BCUT2D eigenvalue weighted by Gasteiger charge is -2.16. The van der Waals surface area contributed by atoms with Crippen LogP contribution in [0.4, 0.5) is 18.9 Å². The zero-order chi connectivity index (χ0) is 21.1. The van der Waals surface area contributed by atoms with Crippen LogP contribution in [-0.2, 0) is 21.0 Å². The maximum Gasteiger partial charge on any atom is 0.416 e. The molecule has 6 nitrogen and oxygen atoms in total. The molecular formula is C18H19F3N2O4S. The molecule has 0 aliphatic rings. The molecule has 2 aromatic rings. The number of benzene rings is 2. The second-order valence-corrected chi connectivity index (χ2v) is 7.76. The lowest BCUT2D eigenvalue weighted by atomic mass is 10.2. The number of sulfonamides is 1. The van der Waals surface area contributed by atoms with Gasteiger partial charge in [-0.2, -0.15) is 17.9 Å². The number of hydrogen-bond donors (Lipinski definition) is 2. The number of halogens is 3. The molecule has 0 saturated carbocycles. The number of methoxy groups -OCH3 is 1. The monoisotopic (exact) mass is 416 g/mol. The number of nitrogens with one attached hydrogen (secondary N) is 2. The molecule has 1 atom stereocenters. The first-order valence-corrected chi connectivity index (χ1v) is 9.57. The molecule has 0 radical (unpaired) electrons. The van der Waals surface area contributed by atoms with Gasteiger partial charge in [-0.3, -0.25) is 4.79 Å². The fourth-order valence-corrected chi connectivity index (χ4v) is 3.68. The van der Waals surface area contributed by atoms with Gasteiger partial charge in [-0.1, -0.05) is 6.07 Å². The van der Waals surface area contributed by atoms with E-state index in [4.69, 9.17) is 4.74 Å². The van der Waals surface area contributed by atoms with Crippen molar-refractivity contribution >= 4 is 21.6 Å². The number of anilines is 1. The molecule has 152 valence electrons. The molecule has 1 unspecified atom stereocenters. The average Bonchev–Trinajstić information content (AvgIpc) is 2.60. The lowest BCUT2D eigenvalue weighted by molar-refractivity contribution is -0.137. The minimum absolute atomic E-state index is 0.0653. The van der Waals surface area contributed by atoms with Crippen molar-refractivity contribution in [3.8, 4) is 5.75 Å². The van der Waals surface area contributed by atoms with E-state index >= 15 is 0 Å². The van der Waals surface area contributed by atoms with Gasteiger partial charge in [0.2, 0.25) is 15.9 Å². The van der Waals surface area contributed by atoms with Crippen LogP contribution in [-0.4, -0.2) is 27.5 Å². The van der Waals surface area contributed by atoms with E-state index in [2.05, 4.69) is 10.0 Å². The number of amides is 1. The maximum atomic E-state index is 12.7. The molecule has 2 N–H and O–H groups in total. The van der Waals surface area contributed by atoms with Gasteiger partial charge >= 0.3 is 6.18 Å². The molecule has 28 heavy (non-hydrogen) atoms. The van der Waals surface area contributed by atoms with Crippen LogP contribution in [0.25, 0.3) is 0 Å². The van der Waals surface area contributed by atoms with E-state index in [1.807, 2.05) is 0 Å². The molecule has 0 bridgehead atoms. The number of alkyl halides is 3. The summed E-state index contributed by atoms with van der Waals surface area (Å²) in [5.41, 5.74) is -0.426. The van der Waals surface area contributed by atoms with Crippen LogP contribution < -0.4 is 14.8 Å². The van der Waals surface area contributed by atoms with Crippen LogP contribution in [0.3, 0.4) is 0 Å². The van der Waals surface area contributed by atoms with Gasteiger partial charge in [-0.05, 0) is 55.8 Å². The summed E-state index contributed by atoms with van der Waals surface area (Å²) in [5.74, 6) is -0.289. The standard InChI is InChI=1S/C18H19F3N2O4S/c1-11-9-15(7-8-16(11)27-3)28(25,26)23-12(2)17(24)22-14-6-4-5-13(10-14)18(19,20)21/h4-10,12,23H,1-3H3,(H,22,24). The third-order valence-corrected chi connectivity index (χ3v) is 5.40. The van der Waals surface area contributed by atoms with E-state index in [1.54, 1.807) is 6.92 Å². The molecule has 2 aromatic carbocycles. The first-order valence-electron chi connectivity index (χ1n) is 8.09. The molecule has 0 heterocycles. The summed E-state index contributed by atoms with van der Waals surface area (Å²) < 4.78 is 70.4. The van der Waals surface area contributed by atoms with E-state index < -0.39 is 33.7 Å². The lowest BCUT2D eigenvalue weighted by Crippen LogP contribution is -2.41. The number of aryl methyl sites for hydroxylation is 1. The first-order chi connectivity index (χ1) is 12.9. The average molecular weight is 416 g/mol. The highest BCUT2D eigenvalue weighted by Crippen LogP contribution is 2.30. The van der Waals surface area contributed by atoms with Crippen LogP contribution in [0.15, 0.2) is 47.4 Å². The predicted molar refractivity (Wildman–Crippen MR) is 97.6 cm³/mol. The Morgan fingerprint density at radius 3 is 2.39 bits per heavy atom. The fraction of sp³-hybridized carbons (Fsp3) is 0.278. The molecule has 0 saturated heterocycles. The quantitative estimate of drug-likeness (QED) is 0.757. The van der Waals surface area contributed by atoms with Gasteiger partial charge in [0.05, 0.1) is 23.6 Å². The largest absolute Gasteiger partial charge is 0.496 e. The molecule has 1 amide bonds. The summed E-state index contributed by atoms with van der Waals surface area (Å²) in [6.07, 6.45) is -4.56. The molecule has 10 heteroatoms. The highest BCUT2D eigenvalue weighted by atomic mass is 32.2. The van der Waals surface area contributed by atoms with Crippen molar-refractivity contribution in [3.63, 3.8) is 0 Å².